The maximum absolute atomic E-state index is 12.3. The zero-order valence-corrected chi connectivity index (χ0v) is 14.5. The van der Waals surface area contributed by atoms with Crippen molar-refractivity contribution in [3.63, 3.8) is 0 Å². The van der Waals surface area contributed by atoms with Crippen molar-refractivity contribution in [3.05, 3.63) is 58.7 Å². The molecule has 1 saturated heterocycles. The summed E-state index contributed by atoms with van der Waals surface area (Å²) < 4.78 is 0. The van der Waals surface area contributed by atoms with Crippen molar-refractivity contribution in [1.29, 1.82) is 0 Å². The fourth-order valence-corrected chi connectivity index (χ4v) is 2.59. The molecule has 1 aliphatic heterocycles. The van der Waals surface area contributed by atoms with Crippen LogP contribution < -0.4 is 5.32 Å². The molecule has 1 aromatic carbocycles. The standard InChI is InChI=1S/C18H22N4O4/c1-2-8-19-17(23)14-20-9-11-21(12-10-20)18(24)7-6-15-4-3-5-16(13-15)22(25)26/h2-7,13H,1,8-12,14H2,(H,19,23)/b7-6+. The highest BCUT2D eigenvalue weighted by Crippen LogP contribution is 2.14. The second-order valence-corrected chi connectivity index (χ2v) is 5.88. The van der Waals surface area contributed by atoms with E-state index in [1.807, 2.05) is 4.90 Å². The minimum absolute atomic E-state index is 0.0112. The van der Waals surface area contributed by atoms with E-state index < -0.39 is 4.92 Å². The van der Waals surface area contributed by atoms with Gasteiger partial charge in [0.1, 0.15) is 0 Å². The van der Waals surface area contributed by atoms with Gasteiger partial charge < -0.3 is 10.2 Å². The highest BCUT2D eigenvalue weighted by atomic mass is 16.6. The van der Waals surface area contributed by atoms with E-state index in [0.29, 0.717) is 44.8 Å². The number of amides is 2. The number of nitrogens with one attached hydrogen (secondary N) is 1. The number of nitro benzene ring substituents is 1. The van der Waals surface area contributed by atoms with Crippen molar-refractivity contribution in [1.82, 2.24) is 15.1 Å². The van der Waals surface area contributed by atoms with Gasteiger partial charge >= 0.3 is 0 Å². The summed E-state index contributed by atoms with van der Waals surface area (Å²) in [5, 5.41) is 13.5. The maximum Gasteiger partial charge on any atom is 0.270 e. The van der Waals surface area contributed by atoms with Gasteiger partial charge in [0.05, 0.1) is 11.5 Å². The second-order valence-electron chi connectivity index (χ2n) is 5.88. The predicted molar refractivity (Wildman–Crippen MR) is 98.4 cm³/mol. The Morgan fingerprint density at radius 3 is 2.65 bits per heavy atom. The fraction of sp³-hybridized carbons (Fsp3) is 0.333. The van der Waals surface area contributed by atoms with Crippen LogP contribution in [0.2, 0.25) is 0 Å². The monoisotopic (exact) mass is 358 g/mol. The Morgan fingerprint density at radius 1 is 1.27 bits per heavy atom. The second kappa shape index (κ2) is 9.47. The zero-order chi connectivity index (χ0) is 18.9. The number of rotatable bonds is 7. The lowest BCUT2D eigenvalue weighted by atomic mass is 10.2. The topological polar surface area (TPSA) is 95.8 Å². The van der Waals surface area contributed by atoms with Crippen LogP contribution in [0.3, 0.4) is 0 Å². The Balaban J connectivity index is 1.82. The molecule has 1 fully saturated rings. The molecular formula is C18H22N4O4. The molecule has 0 unspecified atom stereocenters. The molecule has 0 spiro atoms. The smallest absolute Gasteiger partial charge is 0.270 e. The summed E-state index contributed by atoms with van der Waals surface area (Å²) in [6, 6.07) is 6.11. The number of nitro groups is 1. The van der Waals surface area contributed by atoms with Gasteiger partial charge in [-0.15, -0.1) is 6.58 Å². The molecule has 1 aromatic rings. The summed E-state index contributed by atoms with van der Waals surface area (Å²) in [5.74, 6) is -0.206. The third kappa shape index (κ3) is 5.82. The van der Waals surface area contributed by atoms with E-state index in [2.05, 4.69) is 11.9 Å². The molecular weight excluding hydrogens is 336 g/mol. The quantitative estimate of drug-likeness (QED) is 0.340. The summed E-state index contributed by atoms with van der Waals surface area (Å²) in [4.78, 5) is 37.9. The van der Waals surface area contributed by atoms with E-state index in [4.69, 9.17) is 0 Å². The van der Waals surface area contributed by atoms with E-state index in [1.54, 1.807) is 29.2 Å². The minimum atomic E-state index is -0.469. The molecule has 2 amide bonds. The van der Waals surface area contributed by atoms with Crippen molar-refractivity contribution < 1.29 is 14.5 Å². The van der Waals surface area contributed by atoms with Crippen LogP contribution in [-0.4, -0.2) is 65.8 Å². The van der Waals surface area contributed by atoms with E-state index in [9.17, 15) is 19.7 Å². The number of carbonyl (C=O) groups is 2. The first-order chi connectivity index (χ1) is 12.5. The fourth-order valence-electron chi connectivity index (χ4n) is 2.59. The molecule has 0 aromatic heterocycles. The van der Waals surface area contributed by atoms with Crippen LogP contribution in [0.1, 0.15) is 5.56 Å². The van der Waals surface area contributed by atoms with E-state index in [0.717, 1.165) is 0 Å². The maximum atomic E-state index is 12.3. The Kier molecular flexibility index (Phi) is 7.04. The predicted octanol–water partition coefficient (Wildman–Crippen LogP) is 1.05. The van der Waals surface area contributed by atoms with Crippen LogP contribution in [0, 0.1) is 10.1 Å². The Hall–Kier alpha value is -3.00. The molecule has 2 rings (SSSR count). The van der Waals surface area contributed by atoms with Gasteiger partial charge in [-0.3, -0.25) is 24.6 Å². The molecule has 8 heteroatoms. The minimum Gasteiger partial charge on any atom is -0.352 e. The average Bonchev–Trinajstić information content (AvgIpc) is 2.65. The number of hydrogen-bond donors (Lipinski definition) is 1. The van der Waals surface area contributed by atoms with Crippen LogP contribution in [-0.2, 0) is 9.59 Å². The number of hydrogen-bond acceptors (Lipinski definition) is 5. The SMILES string of the molecule is C=CCNC(=O)CN1CCN(C(=O)/C=C/c2cccc([N+](=O)[O-])c2)CC1. The summed E-state index contributed by atoms with van der Waals surface area (Å²) in [5.41, 5.74) is 0.591. The Bertz CT molecular complexity index is 709. The highest BCUT2D eigenvalue weighted by Gasteiger charge is 2.20. The Labute approximate surface area is 151 Å². The molecule has 1 N–H and O–H groups in total. The van der Waals surface area contributed by atoms with Gasteiger partial charge in [-0.25, -0.2) is 0 Å². The third-order valence-corrected chi connectivity index (χ3v) is 3.99. The van der Waals surface area contributed by atoms with Crippen LogP contribution in [0.25, 0.3) is 6.08 Å². The lowest BCUT2D eigenvalue weighted by Gasteiger charge is -2.33. The van der Waals surface area contributed by atoms with Crippen molar-refractivity contribution in [2.24, 2.45) is 0 Å². The van der Waals surface area contributed by atoms with Crippen molar-refractivity contribution >= 4 is 23.6 Å². The molecule has 0 atom stereocenters. The number of carbonyl (C=O) groups excluding carboxylic acids is 2. The van der Waals surface area contributed by atoms with Crippen molar-refractivity contribution in [2.75, 3.05) is 39.3 Å². The molecule has 0 radical (unpaired) electrons. The molecule has 1 heterocycles. The van der Waals surface area contributed by atoms with Crippen LogP contribution in [0.4, 0.5) is 5.69 Å². The molecule has 0 aliphatic carbocycles. The summed E-state index contributed by atoms with van der Waals surface area (Å²) in [6.07, 6.45) is 4.62. The van der Waals surface area contributed by atoms with Gasteiger partial charge in [-0.2, -0.15) is 0 Å². The van der Waals surface area contributed by atoms with Gasteiger partial charge in [0.2, 0.25) is 11.8 Å². The van der Waals surface area contributed by atoms with E-state index in [1.165, 1.54) is 18.2 Å². The molecule has 1 aliphatic rings. The van der Waals surface area contributed by atoms with Gasteiger partial charge in [-0.1, -0.05) is 18.2 Å². The number of non-ortho nitro benzene ring substituents is 1. The van der Waals surface area contributed by atoms with Crippen molar-refractivity contribution in [2.45, 2.75) is 0 Å². The first-order valence-electron chi connectivity index (χ1n) is 8.31. The average molecular weight is 358 g/mol. The number of piperazine rings is 1. The number of benzene rings is 1. The van der Waals surface area contributed by atoms with Gasteiger partial charge in [0, 0.05) is 50.9 Å². The van der Waals surface area contributed by atoms with Crippen LogP contribution in [0.5, 0.6) is 0 Å². The van der Waals surface area contributed by atoms with Gasteiger partial charge in [0.15, 0.2) is 0 Å². The first kappa shape index (κ1) is 19.3. The van der Waals surface area contributed by atoms with E-state index in [-0.39, 0.29) is 17.5 Å². The molecule has 8 nitrogen and oxygen atoms in total. The third-order valence-electron chi connectivity index (χ3n) is 3.99. The van der Waals surface area contributed by atoms with Crippen LogP contribution >= 0.6 is 0 Å². The lowest BCUT2D eigenvalue weighted by molar-refractivity contribution is -0.384. The van der Waals surface area contributed by atoms with Gasteiger partial charge in [0.25, 0.3) is 5.69 Å². The first-order valence-corrected chi connectivity index (χ1v) is 8.31. The summed E-state index contributed by atoms with van der Waals surface area (Å²) >= 11 is 0. The summed E-state index contributed by atoms with van der Waals surface area (Å²) in [6.45, 7) is 6.61. The van der Waals surface area contributed by atoms with Crippen molar-refractivity contribution in [3.8, 4) is 0 Å². The highest BCUT2D eigenvalue weighted by molar-refractivity contribution is 5.92. The molecule has 26 heavy (non-hydrogen) atoms. The Morgan fingerprint density at radius 2 is 2.00 bits per heavy atom. The van der Waals surface area contributed by atoms with E-state index >= 15 is 0 Å². The molecule has 0 saturated carbocycles. The summed E-state index contributed by atoms with van der Waals surface area (Å²) in [7, 11) is 0. The van der Waals surface area contributed by atoms with Crippen LogP contribution in [0.15, 0.2) is 43.0 Å². The normalized spacial score (nSPS) is 15.0. The lowest BCUT2D eigenvalue weighted by Crippen LogP contribution is -2.50. The molecule has 0 bridgehead atoms. The molecule has 138 valence electrons. The zero-order valence-electron chi connectivity index (χ0n) is 14.5. The largest absolute Gasteiger partial charge is 0.352 e. The van der Waals surface area contributed by atoms with Gasteiger partial charge in [-0.05, 0) is 11.6 Å². The number of nitrogens with zero attached hydrogens (tertiary/aromatic N) is 3.